The molecule has 2 aromatic rings. The second-order valence-electron chi connectivity index (χ2n) is 9.68. The van der Waals surface area contributed by atoms with Crippen LogP contribution in [0.1, 0.15) is 56.3 Å². The van der Waals surface area contributed by atoms with E-state index in [0.29, 0.717) is 24.3 Å². The van der Waals surface area contributed by atoms with Gasteiger partial charge in [0.1, 0.15) is 5.75 Å². The van der Waals surface area contributed by atoms with Gasteiger partial charge >= 0.3 is 0 Å². The zero-order valence-electron chi connectivity index (χ0n) is 22.0. The molecule has 1 saturated carbocycles. The Labute approximate surface area is 215 Å². The van der Waals surface area contributed by atoms with E-state index in [1.54, 1.807) is 7.11 Å². The summed E-state index contributed by atoms with van der Waals surface area (Å²) in [6.45, 7) is 8.56. The number of carbonyl (C=O) groups is 2. The van der Waals surface area contributed by atoms with Gasteiger partial charge in [-0.05, 0) is 57.0 Å². The Morgan fingerprint density at radius 1 is 0.917 bits per heavy atom. The maximum Gasteiger partial charge on any atom is 0.256 e. The van der Waals surface area contributed by atoms with Gasteiger partial charge in [0, 0.05) is 56.6 Å². The van der Waals surface area contributed by atoms with Crippen molar-refractivity contribution in [2.24, 2.45) is 5.92 Å². The molecule has 1 saturated heterocycles. The summed E-state index contributed by atoms with van der Waals surface area (Å²) in [5.41, 5.74) is 3.39. The third-order valence-corrected chi connectivity index (χ3v) is 7.57. The van der Waals surface area contributed by atoms with Crippen LogP contribution in [0.2, 0.25) is 0 Å². The van der Waals surface area contributed by atoms with Gasteiger partial charge in [-0.1, -0.05) is 31.4 Å². The van der Waals surface area contributed by atoms with Gasteiger partial charge in [0.25, 0.3) is 5.91 Å². The number of hydrogen-bond donors (Lipinski definition) is 1. The molecule has 2 aliphatic rings. The summed E-state index contributed by atoms with van der Waals surface area (Å²) in [5.74, 6) is 1.04. The fourth-order valence-corrected chi connectivity index (χ4v) is 5.43. The van der Waals surface area contributed by atoms with Crippen LogP contribution < -0.4 is 19.9 Å². The van der Waals surface area contributed by atoms with E-state index in [0.717, 1.165) is 69.0 Å². The van der Waals surface area contributed by atoms with Gasteiger partial charge in [0.05, 0.1) is 18.4 Å². The molecule has 2 amide bonds. The van der Waals surface area contributed by atoms with Crippen molar-refractivity contribution in [2.45, 2.75) is 46.0 Å². The minimum absolute atomic E-state index is 0.0101. The molecular formula is C29H40N4O3. The Morgan fingerprint density at radius 3 is 2.19 bits per heavy atom. The molecule has 0 bridgehead atoms. The second-order valence-corrected chi connectivity index (χ2v) is 9.68. The monoisotopic (exact) mass is 492 g/mol. The number of anilines is 3. The van der Waals surface area contributed by atoms with Gasteiger partial charge < -0.3 is 24.8 Å². The number of nitrogens with one attached hydrogen (secondary N) is 1. The molecule has 0 unspecified atom stereocenters. The van der Waals surface area contributed by atoms with Crippen LogP contribution in [0.4, 0.5) is 17.1 Å². The highest BCUT2D eigenvalue weighted by Crippen LogP contribution is 2.32. The smallest absolute Gasteiger partial charge is 0.256 e. The van der Waals surface area contributed by atoms with Gasteiger partial charge in [-0.25, -0.2) is 0 Å². The first-order chi connectivity index (χ1) is 17.5. The molecule has 36 heavy (non-hydrogen) atoms. The second kappa shape index (κ2) is 12.2. The van der Waals surface area contributed by atoms with Crippen LogP contribution in [0.25, 0.3) is 0 Å². The largest absolute Gasteiger partial charge is 0.495 e. The summed E-state index contributed by atoms with van der Waals surface area (Å²) >= 11 is 0. The van der Waals surface area contributed by atoms with Crippen LogP contribution in [0.5, 0.6) is 5.75 Å². The van der Waals surface area contributed by atoms with Crippen molar-refractivity contribution in [2.75, 3.05) is 61.5 Å². The normalized spacial score (nSPS) is 16.5. The average Bonchev–Trinajstić information content (AvgIpc) is 2.94. The van der Waals surface area contributed by atoms with Gasteiger partial charge in [0.2, 0.25) is 5.91 Å². The van der Waals surface area contributed by atoms with Crippen LogP contribution in [0, 0.1) is 5.92 Å². The number of hydrogen-bond acceptors (Lipinski definition) is 5. The lowest BCUT2D eigenvalue weighted by Crippen LogP contribution is -2.47. The van der Waals surface area contributed by atoms with E-state index in [4.69, 9.17) is 4.74 Å². The number of amides is 2. The molecule has 4 rings (SSSR count). The molecule has 194 valence electrons. The van der Waals surface area contributed by atoms with E-state index < -0.39 is 0 Å². The molecular weight excluding hydrogens is 452 g/mol. The van der Waals surface area contributed by atoms with E-state index >= 15 is 0 Å². The van der Waals surface area contributed by atoms with E-state index in [9.17, 15) is 9.59 Å². The molecule has 1 aliphatic carbocycles. The third kappa shape index (κ3) is 5.77. The lowest BCUT2D eigenvalue weighted by Gasteiger charge is -2.38. The Bertz CT molecular complexity index is 1040. The summed E-state index contributed by atoms with van der Waals surface area (Å²) in [6.07, 6.45) is 5.34. The Balaban J connectivity index is 1.54. The van der Waals surface area contributed by atoms with Crippen molar-refractivity contribution in [1.29, 1.82) is 0 Å². The number of ether oxygens (including phenoxy) is 1. The summed E-state index contributed by atoms with van der Waals surface area (Å²) in [6, 6.07) is 13.9. The van der Waals surface area contributed by atoms with Crippen molar-refractivity contribution in [1.82, 2.24) is 4.90 Å². The number of methoxy groups -OCH3 is 1. The highest BCUT2D eigenvalue weighted by atomic mass is 16.5. The average molecular weight is 493 g/mol. The third-order valence-electron chi connectivity index (χ3n) is 7.57. The van der Waals surface area contributed by atoms with E-state index in [1.165, 1.54) is 6.42 Å². The van der Waals surface area contributed by atoms with E-state index in [1.807, 2.05) is 55.1 Å². The summed E-state index contributed by atoms with van der Waals surface area (Å²) in [4.78, 5) is 32.9. The molecule has 0 aromatic heterocycles. The van der Waals surface area contributed by atoms with Crippen molar-refractivity contribution in [3.8, 4) is 5.75 Å². The fraction of sp³-hybridized carbons (Fsp3) is 0.517. The van der Waals surface area contributed by atoms with Gasteiger partial charge in [-0.15, -0.1) is 0 Å². The number of carbonyl (C=O) groups excluding carboxylic acids is 2. The van der Waals surface area contributed by atoms with Crippen molar-refractivity contribution in [3.05, 3.63) is 48.0 Å². The molecule has 7 heteroatoms. The zero-order chi connectivity index (χ0) is 25.5. The number of piperazine rings is 1. The highest BCUT2D eigenvalue weighted by molar-refractivity contribution is 6.02. The Morgan fingerprint density at radius 2 is 1.56 bits per heavy atom. The number of para-hydroxylation sites is 2. The molecule has 1 heterocycles. The first-order valence-electron chi connectivity index (χ1n) is 13.4. The number of rotatable bonds is 8. The molecule has 0 radical (unpaired) electrons. The SMILES string of the molecule is CCN(CC)C(=O)c1cc(NC(=O)C2CCCCC2)ccc1N1CCN(c2ccccc2OC)CC1. The maximum absolute atomic E-state index is 13.5. The van der Waals surface area contributed by atoms with Crippen molar-refractivity contribution < 1.29 is 14.3 Å². The Kier molecular flexibility index (Phi) is 8.73. The van der Waals surface area contributed by atoms with Crippen LogP contribution in [-0.2, 0) is 4.79 Å². The van der Waals surface area contributed by atoms with Crippen LogP contribution in [0.3, 0.4) is 0 Å². The van der Waals surface area contributed by atoms with Gasteiger partial charge in [0.15, 0.2) is 0 Å². The maximum atomic E-state index is 13.5. The number of nitrogens with zero attached hydrogens (tertiary/aromatic N) is 3. The molecule has 1 N–H and O–H groups in total. The highest BCUT2D eigenvalue weighted by Gasteiger charge is 2.26. The van der Waals surface area contributed by atoms with Crippen LogP contribution >= 0.6 is 0 Å². The lowest BCUT2D eigenvalue weighted by atomic mass is 9.88. The van der Waals surface area contributed by atoms with Gasteiger partial charge in [-0.3, -0.25) is 9.59 Å². The minimum atomic E-state index is 0.0101. The first-order valence-corrected chi connectivity index (χ1v) is 13.4. The Hall–Kier alpha value is -3.22. The van der Waals surface area contributed by atoms with Crippen molar-refractivity contribution >= 4 is 28.9 Å². The summed E-state index contributed by atoms with van der Waals surface area (Å²) in [5, 5.41) is 3.10. The van der Waals surface area contributed by atoms with Gasteiger partial charge in [-0.2, -0.15) is 0 Å². The predicted molar refractivity (Wildman–Crippen MR) is 146 cm³/mol. The van der Waals surface area contributed by atoms with E-state index in [-0.39, 0.29) is 17.7 Å². The summed E-state index contributed by atoms with van der Waals surface area (Å²) < 4.78 is 5.56. The van der Waals surface area contributed by atoms with Crippen molar-refractivity contribution in [3.63, 3.8) is 0 Å². The zero-order valence-corrected chi connectivity index (χ0v) is 22.0. The lowest BCUT2D eigenvalue weighted by molar-refractivity contribution is -0.120. The molecule has 2 fully saturated rings. The summed E-state index contributed by atoms with van der Waals surface area (Å²) in [7, 11) is 1.70. The number of benzene rings is 2. The van der Waals surface area contributed by atoms with Crippen LogP contribution in [-0.4, -0.2) is 63.1 Å². The first kappa shape index (κ1) is 25.9. The minimum Gasteiger partial charge on any atom is -0.495 e. The molecule has 0 spiro atoms. The quantitative estimate of drug-likeness (QED) is 0.560. The molecule has 1 aliphatic heterocycles. The fourth-order valence-electron chi connectivity index (χ4n) is 5.43. The predicted octanol–water partition coefficient (Wildman–Crippen LogP) is 5.02. The van der Waals surface area contributed by atoms with Crippen LogP contribution in [0.15, 0.2) is 42.5 Å². The molecule has 7 nitrogen and oxygen atoms in total. The molecule has 0 atom stereocenters. The topological polar surface area (TPSA) is 65.1 Å². The van der Waals surface area contributed by atoms with E-state index in [2.05, 4.69) is 21.2 Å². The standard InChI is InChI=1S/C29H40N4O3/c1-4-31(5-2)29(35)24-21-23(30-28(34)22-11-7-6-8-12-22)15-16-25(24)32-17-19-33(20-18-32)26-13-9-10-14-27(26)36-3/h9-10,13-16,21-22H,4-8,11-12,17-20H2,1-3H3,(H,30,34). The molecule has 2 aromatic carbocycles.